The summed E-state index contributed by atoms with van der Waals surface area (Å²) in [6, 6.07) is 3.64. The molecule has 2 rings (SSSR count). The molecule has 1 aliphatic heterocycles. The third-order valence-electron chi connectivity index (χ3n) is 3.04. The predicted molar refractivity (Wildman–Crippen MR) is 63.8 cm³/mol. The zero-order valence-corrected chi connectivity index (χ0v) is 10.6. The van der Waals surface area contributed by atoms with E-state index in [-0.39, 0.29) is 23.8 Å². The molecule has 0 spiro atoms. The molecule has 1 aromatic rings. The molecule has 0 radical (unpaired) electrons. The number of halogens is 3. The highest BCUT2D eigenvalue weighted by molar-refractivity contribution is 5.82. The maximum absolute atomic E-state index is 12.7. The van der Waals surface area contributed by atoms with Gasteiger partial charge >= 0.3 is 6.18 Å². The smallest absolute Gasteiger partial charge is 0.344 e. The van der Waals surface area contributed by atoms with Crippen molar-refractivity contribution in [1.82, 2.24) is 9.88 Å². The summed E-state index contributed by atoms with van der Waals surface area (Å²) >= 11 is 0. The van der Waals surface area contributed by atoms with Crippen molar-refractivity contribution >= 4 is 11.7 Å². The Labute approximate surface area is 113 Å². The molecular formula is C12H11F3N4O. The van der Waals surface area contributed by atoms with Crippen LogP contribution in [-0.4, -0.2) is 42.5 Å². The van der Waals surface area contributed by atoms with E-state index in [1.165, 1.54) is 9.80 Å². The molecule has 1 saturated heterocycles. The molecule has 8 heteroatoms. The van der Waals surface area contributed by atoms with Crippen LogP contribution >= 0.6 is 0 Å². The molecule has 1 aromatic heterocycles. The highest BCUT2D eigenvalue weighted by Crippen LogP contribution is 2.30. The summed E-state index contributed by atoms with van der Waals surface area (Å²) in [5.41, 5.74) is -1.05. The van der Waals surface area contributed by atoms with E-state index in [1.807, 2.05) is 0 Å². The fourth-order valence-electron chi connectivity index (χ4n) is 1.87. The Hall–Kier alpha value is -2.30. The molecule has 106 valence electrons. The highest BCUT2D eigenvalue weighted by atomic mass is 19.4. The number of amides is 1. The van der Waals surface area contributed by atoms with E-state index in [4.69, 9.17) is 5.26 Å². The average Bonchev–Trinajstić information content (AvgIpc) is 2.40. The van der Waals surface area contributed by atoms with Crippen molar-refractivity contribution in [3.05, 3.63) is 23.4 Å². The van der Waals surface area contributed by atoms with Crippen LogP contribution in [0, 0.1) is 11.3 Å². The quantitative estimate of drug-likeness (QED) is 0.778. The van der Waals surface area contributed by atoms with Crippen molar-refractivity contribution in [3.8, 4) is 6.07 Å². The highest BCUT2D eigenvalue weighted by Gasteiger charge is 2.34. The number of carbonyl (C=O) groups is 1. The molecule has 2 heterocycles. The predicted octanol–water partition coefficient (Wildman–Crippen LogP) is 1.25. The molecule has 1 fully saturated rings. The minimum Gasteiger partial charge on any atom is -0.344 e. The number of piperazine rings is 1. The lowest BCUT2D eigenvalue weighted by Gasteiger charge is -2.33. The summed E-state index contributed by atoms with van der Waals surface area (Å²) in [7, 11) is 1.62. The molecule has 0 saturated carbocycles. The largest absolute Gasteiger partial charge is 0.433 e. The molecule has 0 aromatic carbocycles. The van der Waals surface area contributed by atoms with Gasteiger partial charge in [-0.1, -0.05) is 0 Å². The first-order valence-electron chi connectivity index (χ1n) is 5.80. The van der Waals surface area contributed by atoms with Gasteiger partial charge in [0.2, 0.25) is 5.91 Å². The fourth-order valence-corrected chi connectivity index (χ4v) is 1.87. The summed E-state index contributed by atoms with van der Waals surface area (Å²) in [5, 5.41) is 8.97. The summed E-state index contributed by atoms with van der Waals surface area (Å²) in [6.45, 7) is 0.631. The minimum absolute atomic E-state index is 0.0235. The van der Waals surface area contributed by atoms with E-state index in [0.29, 0.717) is 13.1 Å². The first kappa shape index (κ1) is 14.1. The van der Waals surface area contributed by atoms with E-state index in [0.717, 1.165) is 12.1 Å². The van der Waals surface area contributed by atoms with Gasteiger partial charge in [-0.2, -0.15) is 18.4 Å². The van der Waals surface area contributed by atoms with Gasteiger partial charge in [0.15, 0.2) is 0 Å². The second-order valence-electron chi connectivity index (χ2n) is 4.41. The number of nitrogens with zero attached hydrogens (tertiary/aromatic N) is 4. The monoisotopic (exact) mass is 284 g/mol. The summed E-state index contributed by atoms with van der Waals surface area (Å²) in [4.78, 5) is 18.0. The molecule has 0 unspecified atom stereocenters. The topological polar surface area (TPSA) is 60.2 Å². The SMILES string of the molecule is CN1CCN(c2nc(C(F)(F)F)ccc2C#N)CC1=O. The number of carbonyl (C=O) groups excluding carboxylic acids is 1. The zero-order valence-electron chi connectivity index (χ0n) is 10.6. The van der Waals surface area contributed by atoms with Gasteiger partial charge in [0.25, 0.3) is 0 Å². The Morgan fingerprint density at radius 3 is 2.60 bits per heavy atom. The van der Waals surface area contributed by atoms with Gasteiger partial charge in [0.1, 0.15) is 17.6 Å². The molecule has 0 atom stereocenters. The van der Waals surface area contributed by atoms with Gasteiger partial charge in [-0.25, -0.2) is 4.98 Å². The lowest BCUT2D eigenvalue weighted by molar-refractivity contribution is -0.141. The second kappa shape index (κ2) is 5.00. The number of pyridine rings is 1. The first-order valence-corrected chi connectivity index (χ1v) is 5.80. The number of aromatic nitrogens is 1. The molecular weight excluding hydrogens is 273 g/mol. The number of anilines is 1. The van der Waals surface area contributed by atoms with Gasteiger partial charge in [-0.15, -0.1) is 0 Å². The number of likely N-dealkylation sites (N-methyl/N-ethyl adjacent to an activating group) is 1. The van der Waals surface area contributed by atoms with Crippen molar-refractivity contribution in [1.29, 1.82) is 5.26 Å². The first-order chi connectivity index (χ1) is 9.32. The average molecular weight is 284 g/mol. The van der Waals surface area contributed by atoms with Gasteiger partial charge in [0.05, 0.1) is 12.1 Å². The van der Waals surface area contributed by atoms with E-state index in [1.54, 1.807) is 13.1 Å². The minimum atomic E-state index is -4.58. The molecule has 1 aliphatic rings. The van der Waals surface area contributed by atoms with E-state index in [2.05, 4.69) is 4.98 Å². The van der Waals surface area contributed by atoms with E-state index in [9.17, 15) is 18.0 Å². The summed E-state index contributed by atoms with van der Waals surface area (Å²) in [6.07, 6.45) is -4.58. The summed E-state index contributed by atoms with van der Waals surface area (Å²) < 4.78 is 38.0. The number of hydrogen-bond acceptors (Lipinski definition) is 4. The van der Waals surface area contributed by atoms with Gasteiger partial charge in [0, 0.05) is 20.1 Å². The normalized spacial score (nSPS) is 16.2. The lowest BCUT2D eigenvalue weighted by atomic mass is 10.2. The molecule has 0 N–H and O–H groups in total. The maximum Gasteiger partial charge on any atom is 0.433 e. The van der Waals surface area contributed by atoms with Crippen LogP contribution in [0.5, 0.6) is 0 Å². The van der Waals surface area contributed by atoms with Crippen LogP contribution in [0.1, 0.15) is 11.3 Å². The van der Waals surface area contributed by atoms with Crippen LogP contribution in [0.15, 0.2) is 12.1 Å². The third kappa shape index (κ3) is 2.66. The van der Waals surface area contributed by atoms with Gasteiger partial charge in [-0.05, 0) is 12.1 Å². The van der Waals surface area contributed by atoms with E-state index >= 15 is 0 Å². The van der Waals surface area contributed by atoms with Crippen molar-refractivity contribution < 1.29 is 18.0 Å². The molecule has 0 aliphatic carbocycles. The Kier molecular flexibility index (Phi) is 3.53. The van der Waals surface area contributed by atoms with Crippen LogP contribution < -0.4 is 4.90 Å². The van der Waals surface area contributed by atoms with Crippen molar-refractivity contribution in [2.45, 2.75) is 6.18 Å². The van der Waals surface area contributed by atoms with Crippen molar-refractivity contribution in [2.24, 2.45) is 0 Å². The Balaban J connectivity index is 2.39. The molecule has 1 amide bonds. The van der Waals surface area contributed by atoms with Crippen LogP contribution in [0.25, 0.3) is 0 Å². The molecule has 0 bridgehead atoms. The number of rotatable bonds is 1. The van der Waals surface area contributed by atoms with Crippen molar-refractivity contribution in [3.63, 3.8) is 0 Å². The van der Waals surface area contributed by atoms with Crippen LogP contribution in [0.2, 0.25) is 0 Å². The Morgan fingerprint density at radius 2 is 2.05 bits per heavy atom. The Bertz CT molecular complexity index is 579. The number of alkyl halides is 3. The number of nitriles is 1. The standard InChI is InChI=1S/C12H11F3N4O/c1-18-4-5-19(7-10(18)20)11-8(6-16)2-3-9(17-11)12(13,14)15/h2-3H,4-5,7H2,1H3. The van der Waals surface area contributed by atoms with Crippen molar-refractivity contribution in [2.75, 3.05) is 31.6 Å². The fraction of sp³-hybridized carbons (Fsp3) is 0.417. The Morgan fingerprint density at radius 1 is 1.35 bits per heavy atom. The van der Waals surface area contributed by atoms with Gasteiger partial charge < -0.3 is 9.80 Å². The van der Waals surface area contributed by atoms with Crippen LogP contribution in [-0.2, 0) is 11.0 Å². The zero-order chi connectivity index (χ0) is 14.9. The molecule has 5 nitrogen and oxygen atoms in total. The third-order valence-corrected chi connectivity index (χ3v) is 3.04. The van der Waals surface area contributed by atoms with Gasteiger partial charge in [-0.3, -0.25) is 4.79 Å². The summed E-state index contributed by atoms with van der Waals surface area (Å²) in [5.74, 6) is -0.317. The maximum atomic E-state index is 12.7. The van der Waals surface area contributed by atoms with E-state index < -0.39 is 11.9 Å². The second-order valence-corrected chi connectivity index (χ2v) is 4.41. The lowest BCUT2D eigenvalue weighted by Crippen LogP contribution is -2.49. The van der Waals surface area contributed by atoms with Crippen LogP contribution in [0.3, 0.4) is 0 Å². The molecule has 20 heavy (non-hydrogen) atoms. The van der Waals surface area contributed by atoms with Crippen LogP contribution in [0.4, 0.5) is 19.0 Å². The number of hydrogen-bond donors (Lipinski definition) is 0.